The number of aromatic nitrogens is 4. The Labute approximate surface area is 97.4 Å². The van der Waals surface area contributed by atoms with Gasteiger partial charge in [-0.15, -0.1) is 5.10 Å². The van der Waals surface area contributed by atoms with Gasteiger partial charge in [0.15, 0.2) is 0 Å². The van der Waals surface area contributed by atoms with Crippen molar-refractivity contribution in [2.45, 2.75) is 37.4 Å². The molecule has 1 aromatic rings. The highest BCUT2D eigenvalue weighted by Gasteiger charge is 2.40. The second-order valence-electron chi connectivity index (χ2n) is 3.94. The average molecular weight is 242 g/mol. The van der Waals surface area contributed by atoms with Crippen molar-refractivity contribution in [3.63, 3.8) is 0 Å². The predicted molar refractivity (Wildman–Crippen MR) is 58.2 cm³/mol. The summed E-state index contributed by atoms with van der Waals surface area (Å²) >= 11 is 1.18. The lowest BCUT2D eigenvalue weighted by Crippen LogP contribution is -2.04. The SMILES string of the molecule is CCCC1CC1n1nnnc1SCC(=O)O. The highest BCUT2D eigenvalue weighted by molar-refractivity contribution is 7.99. The number of rotatable bonds is 6. The van der Waals surface area contributed by atoms with E-state index in [-0.39, 0.29) is 5.75 Å². The average Bonchev–Trinajstić information content (AvgIpc) is 2.85. The minimum atomic E-state index is -0.847. The van der Waals surface area contributed by atoms with E-state index in [0.717, 1.165) is 6.42 Å². The lowest BCUT2D eigenvalue weighted by Gasteiger charge is -2.01. The quantitative estimate of drug-likeness (QED) is 0.755. The van der Waals surface area contributed by atoms with Gasteiger partial charge < -0.3 is 5.11 Å². The van der Waals surface area contributed by atoms with E-state index in [1.807, 2.05) is 0 Å². The summed E-state index contributed by atoms with van der Waals surface area (Å²) in [5.41, 5.74) is 0. The largest absolute Gasteiger partial charge is 0.481 e. The van der Waals surface area contributed by atoms with Gasteiger partial charge in [0.1, 0.15) is 0 Å². The molecule has 0 saturated heterocycles. The summed E-state index contributed by atoms with van der Waals surface area (Å²) < 4.78 is 1.77. The van der Waals surface area contributed by atoms with E-state index in [1.54, 1.807) is 4.68 Å². The molecule has 2 atom stereocenters. The molecule has 1 heterocycles. The smallest absolute Gasteiger partial charge is 0.313 e. The fraction of sp³-hybridized carbons (Fsp3) is 0.778. The van der Waals surface area contributed by atoms with Crippen molar-refractivity contribution >= 4 is 17.7 Å². The predicted octanol–water partition coefficient (Wildman–Crippen LogP) is 1.21. The number of carbonyl (C=O) groups is 1. The zero-order chi connectivity index (χ0) is 11.5. The molecule has 6 nitrogen and oxygen atoms in total. The van der Waals surface area contributed by atoms with Crippen LogP contribution in [0.2, 0.25) is 0 Å². The molecule has 1 saturated carbocycles. The van der Waals surface area contributed by atoms with Crippen LogP contribution in [0.3, 0.4) is 0 Å². The number of carboxylic acid groups (broad SMARTS) is 1. The summed E-state index contributed by atoms with van der Waals surface area (Å²) in [4.78, 5) is 10.5. The summed E-state index contributed by atoms with van der Waals surface area (Å²) in [6, 6.07) is 0.381. The Morgan fingerprint density at radius 3 is 3.19 bits per heavy atom. The first-order valence-electron chi connectivity index (χ1n) is 5.34. The molecule has 1 aromatic heterocycles. The van der Waals surface area contributed by atoms with Gasteiger partial charge in [-0.05, 0) is 29.2 Å². The molecule has 0 aliphatic heterocycles. The van der Waals surface area contributed by atoms with Crippen molar-refractivity contribution in [1.29, 1.82) is 0 Å². The molecule has 16 heavy (non-hydrogen) atoms. The first-order valence-corrected chi connectivity index (χ1v) is 6.33. The third-order valence-corrected chi connectivity index (χ3v) is 3.56. The fourth-order valence-electron chi connectivity index (χ4n) is 1.83. The molecule has 7 heteroatoms. The van der Waals surface area contributed by atoms with E-state index in [1.165, 1.54) is 24.6 Å². The van der Waals surface area contributed by atoms with Gasteiger partial charge in [0.2, 0.25) is 5.16 Å². The third kappa shape index (κ3) is 2.52. The fourth-order valence-corrected chi connectivity index (χ4v) is 2.48. The van der Waals surface area contributed by atoms with Gasteiger partial charge in [-0.3, -0.25) is 4.79 Å². The first kappa shape index (κ1) is 11.4. The molecule has 1 N–H and O–H groups in total. The molecule has 1 fully saturated rings. The van der Waals surface area contributed by atoms with Crippen LogP contribution in [0.4, 0.5) is 0 Å². The molecular weight excluding hydrogens is 228 g/mol. The highest BCUT2D eigenvalue weighted by Crippen LogP contribution is 2.46. The topological polar surface area (TPSA) is 80.9 Å². The second-order valence-corrected chi connectivity index (χ2v) is 4.88. The zero-order valence-corrected chi connectivity index (χ0v) is 9.85. The van der Waals surface area contributed by atoms with E-state index in [9.17, 15) is 4.79 Å². The van der Waals surface area contributed by atoms with Crippen molar-refractivity contribution in [2.75, 3.05) is 5.75 Å². The standard InChI is InChI=1S/C9H14N4O2S/c1-2-3-6-4-7(6)13-9(10-11-12-13)16-5-8(14)15/h6-7H,2-5H2,1H3,(H,14,15). The van der Waals surface area contributed by atoms with Crippen LogP contribution < -0.4 is 0 Å². The Kier molecular flexibility index (Phi) is 3.42. The van der Waals surface area contributed by atoms with Crippen LogP contribution in [0.25, 0.3) is 0 Å². The maximum absolute atomic E-state index is 10.5. The first-order chi connectivity index (χ1) is 7.72. The summed E-state index contributed by atoms with van der Waals surface area (Å²) in [5, 5.41) is 20.6. The van der Waals surface area contributed by atoms with Crippen molar-refractivity contribution in [3.05, 3.63) is 0 Å². The summed E-state index contributed by atoms with van der Waals surface area (Å²) in [7, 11) is 0. The van der Waals surface area contributed by atoms with Gasteiger partial charge in [-0.25, -0.2) is 4.68 Å². The van der Waals surface area contributed by atoms with Crippen molar-refractivity contribution < 1.29 is 9.90 Å². The Morgan fingerprint density at radius 1 is 1.69 bits per heavy atom. The second kappa shape index (κ2) is 4.82. The number of nitrogens with zero attached hydrogens (tertiary/aromatic N) is 4. The Bertz CT molecular complexity index is 381. The number of carboxylic acids is 1. The highest BCUT2D eigenvalue weighted by atomic mass is 32.2. The van der Waals surface area contributed by atoms with Crippen LogP contribution in [0.1, 0.15) is 32.2 Å². The van der Waals surface area contributed by atoms with Gasteiger partial charge in [0.05, 0.1) is 11.8 Å². The van der Waals surface area contributed by atoms with E-state index in [0.29, 0.717) is 17.1 Å². The number of hydrogen-bond donors (Lipinski definition) is 1. The lowest BCUT2D eigenvalue weighted by molar-refractivity contribution is -0.133. The minimum Gasteiger partial charge on any atom is -0.481 e. The van der Waals surface area contributed by atoms with Crippen LogP contribution in [0.5, 0.6) is 0 Å². The molecular formula is C9H14N4O2S. The Balaban J connectivity index is 1.95. The molecule has 1 aliphatic carbocycles. The van der Waals surface area contributed by atoms with Crippen molar-refractivity contribution in [1.82, 2.24) is 20.2 Å². The van der Waals surface area contributed by atoms with Crippen LogP contribution in [-0.2, 0) is 4.79 Å². The third-order valence-electron chi connectivity index (χ3n) is 2.65. The van der Waals surface area contributed by atoms with Gasteiger partial charge in [-0.2, -0.15) is 0 Å². The van der Waals surface area contributed by atoms with Gasteiger partial charge in [0.25, 0.3) is 0 Å². The monoisotopic (exact) mass is 242 g/mol. The van der Waals surface area contributed by atoms with Gasteiger partial charge in [-0.1, -0.05) is 25.1 Å². The van der Waals surface area contributed by atoms with Crippen molar-refractivity contribution in [2.24, 2.45) is 5.92 Å². The number of hydrogen-bond acceptors (Lipinski definition) is 5. The number of thioether (sulfide) groups is 1. The van der Waals surface area contributed by atoms with Crippen LogP contribution >= 0.6 is 11.8 Å². The zero-order valence-electron chi connectivity index (χ0n) is 9.04. The molecule has 0 spiro atoms. The summed E-state index contributed by atoms with van der Waals surface area (Å²) in [5.74, 6) is -0.177. The minimum absolute atomic E-state index is 0.00549. The maximum atomic E-state index is 10.5. The Hall–Kier alpha value is -1.11. The molecule has 88 valence electrons. The Morgan fingerprint density at radius 2 is 2.50 bits per heavy atom. The van der Waals surface area contributed by atoms with E-state index < -0.39 is 5.97 Å². The summed E-state index contributed by atoms with van der Waals surface area (Å²) in [6.45, 7) is 2.16. The maximum Gasteiger partial charge on any atom is 0.313 e. The van der Waals surface area contributed by atoms with Gasteiger partial charge in [0, 0.05) is 0 Å². The van der Waals surface area contributed by atoms with E-state index >= 15 is 0 Å². The van der Waals surface area contributed by atoms with Crippen LogP contribution in [-0.4, -0.2) is 37.0 Å². The van der Waals surface area contributed by atoms with Crippen LogP contribution in [0, 0.1) is 5.92 Å². The summed E-state index contributed by atoms with van der Waals surface area (Å²) in [6.07, 6.45) is 3.47. The molecule has 0 amide bonds. The molecule has 2 rings (SSSR count). The molecule has 0 aromatic carbocycles. The van der Waals surface area contributed by atoms with E-state index in [2.05, 4.69) is 22.4 Å². The molecule has 0 radical (unpaired) electrons. The molecule has 2 unspecified atom stereocenters. The normalized spacial score (nSPS) is 23.3. The lowest BCUT2D eigenvalue weighted by atomic mass is 10.2. The van der Waals surface area contributed by atoms with Crippen molar-refractivity contribution in [3.8, 4) is 0 Å². The van der Waals surface area contributed by atoms with Gasteiger partial charge >= 0.3 is 5.97 Å². The molecule has 0 bridgehead atoms. The number of tetrazole rings is 1. The van der Waals surface area contributed by atoms with E-state index in [4.69, 9.17) is 5.11 Å². The number of aliphatic carboxylic acids is 1. The molecule has 1 aliphatic rings. The van der Waals surface area contributed by atoms with Crippen LogP contribution in [0.15, 0.2) is 5.16 Å².